The highest BCUT2D eigenvalue weighted by Crippen LogP contribution is 2.39. The van der Waals surface area contributed by atoms with Gasteiger partial charge in [0.25, 0.3) is 0 Å². The summed E-state index contributed by atoms with van der Waals surface area (Å²) in [7, 11) is 0. The third-order valence-corrected chi connectivity index (χ3v) is 3.92. The average molecular weight is 263 g/mol. The number of aliphatic carboxylic acids is 1. The molecule has 1 aromatic carbocycles. The van der Waals surface area contributed by atoms with E-state index in [1.165, 1.54) is 0 Å². The Morgan fingerprint density at radius 2 is 2.11 bits per heavy atom. The van der Waals surface area contributed by atoms with Crippen LogP contribution < -0.4 is 5.32 Å². The van der Waals surface area contributed by atoms with E-state index >= 15 is 0 Å². The predicted octanol–water partition coefficient (Wildman–Crippen LogP) is 2.56. The van der Waals surface area contributed by atoms with Gasteiger partial charge in [-0.05, 0) is 30.4 Å². The topological polar surface area (TPSA) is 69.6 Å². The van der Waals surface area contributed by atoms with Crippen LogP contribution in [0.25, 0.3) is 0 Å². The number of phenolic OH excluding ortho intramolecular Hbond substituents is 1. The molecule has 3 N–H and O–H groups in total. The van der Waals surface area contributed by atoms with E-state index < -0.39 is 5.97 Å². The number of hydrogen-bond acceptors (Lipinski definition) is 3. The first kappa shape index (κ1) is 13.9. The minimum Gasteiger partial charge on any atom is -0.507 e. The number of hydrogen-bond donors (Lipinski definition) is 3. The molecule has 1 fully saturated rings. The van der Waals surface area contributed by atoms with Gasteiger partial charge < -0.3 is 15.5 Å². The number of carboxylic acids is 1. The number of rotatable bonds is 3. The van der Waals surface area contributed by atoms with Gasteiger partial charge >= 0.3 is 5.97 Å². The van der Waals surface area contributed by atoms with Gasteiger partial charge in [0.15, 0.2) is 0 Å². The van der Waals surface area contributed by atoms with E-state index in [-0.39, 0.29) is 17.9 Å². The van der Waals surface area contributed by atoms with Gasteiger partial charge in [-0.3, -0.25) is 4.79 Å². The van der Waals surface area contributed by atoms with Gasteiger partial charge in [0.05, 0.1) is 5.92 Å². The van der Waals surface area contributed by atoms with Gasteiger partial charge in [0.2, 0.25) is 0 Å². The van der Waals surface area contributed by atoms with Crippen LogP contribution in [0.3, 0.4) is 0 Å². The Hall–Kier alpha value is -1.55. The van der Waals surface area contributed by atoms with E-state index in [1.54, 1.807) is 0 Å². The van der Waals surface area contributed by atoms with Crippen LogP contribution in [0.5, 0.6) is 5.75 Å². The van der Waals surface area contributed by atoms with Gasteiger partial charge in [-0.15, -0.1) is 0 Å². The van der Waals surface area contributed by atoms with Crippen LogP contribution in [0.15, 0.2) is 12.1 Å². The van der Waals surface area contributed by atoms with Crippen molar-refractivity contribution in [2.24, 2.45) is 5.92 Å². The lowest BCUT2D eigenvalue weighted by molar-refractivity contribution is -0.141. The van der Waals surface area contributed by atoms with Crippen molar-refractivity contribution in [2.45, 2.75) is 39.2 Å². The standard InChI is InChI=1S/C15H21NO3/c1-8(2)11-5-4-9(3)13(14(11)17)12-6-10(7-16-12)15(18)19/h4-5,8,10,12,16-17H,6-7H2,1-3H3,(H,18,19). The maximum atomic E-state index is 11.0. The Morgan fingerprint density at radius 1 is 1.42 bits per heavy atom. The number of phenols is 1. The molecule has 0 amide bonds. The van der Waals surface area contributed by atoms with Gasteiger partial charge in [-0.1, -0.05) is 26.0 Å². The molecule has 1 heterocycles. The molecule has 4 heteroatoms. The van der Waals surface area contributed by atoms with E-state index in [4.69, 9.17) is 5.11 Å². The molecular formula is C15H21NO3. The molecule has 0 spiro atoms. The second-order valence-electron chi connectivity index (χ2n) is 5.62. The van der Waals surface area contributed by atoms with Gasteiger partial charge in [-0.25, -0.2) is 0 Å². The fourth-order valence-corrected chi connectivity index (χ4v) is 2.78. The summed E-state index contributed by atoms with van der Waals surface area (Å²) in [5.41, 5.74) is 2.78. The normalized spacial score (nSPS) is 22.9. The Kier molecular flexibility index (Phi) is 3.80. The molecule has 0 radical (unpaired) electrons. The number of nitrogens with one attached hydrogen (secondary N) is 1. The molecule has 2 unspecified atom stereocenters. The van der Waals surface area contributed by atoms with Gasteiger partial charge in [0.1, 0.15) is 5.75 Å². The molecular weight excluding hydrogens is 242 g/mol. The first-order chi connectivity index (χ1) is 8.91. The molecule has 1 aliphatic rings. The van der Waals surface area contributed by atoms with Gasteiger partial charge in [0, 0.05) is 18.2 Å². The number of benzene rings is 1. The molecule has 2 atom stereocenters. The maximum absolute atomic E-state index is 11.0. The molecule has 19 heavy (non-hydrogen) atoms. The van der Waals surface area contributed by atoms with E-state index in [2.05, 4.69) is 5.32 Å². The number of carboxylic acid groups (broad SMARTS) is 1. The van der Waals surface area contributed by atoms with E-state index in [0.29, 0.717) is 18.7 Å². The zero-order valence-corrected chi connectivity index (χ0v) is 11.6. The highest BCUT2D eigenvalue weighted by Gasteiger charge is 2.32. The SMILES string of the molecule is Cc1ccc(C(C)C)c(O)c1C1CC(C(=O)O)CN1. The third-order valence-electron chi connectivity index (χ3n) is 3.92. The lowest BCUT2D eigenvalue weighted by Gasteiger charge is -2.19. The highest BCUT2D eigenvalue weighted by molar-refractivity contribution is 5.71. The zero-order chi connectivity index (χ0) is 14.2. The second-order valence-corrected chi connectivity index (χ2v) is 5.62. The molecule has 0 bridgehead atoms. The van der Waals surface area contributed by atoms with Crippen LogP contribution in [-0.4, -0.2) is 22.7 Å². The van der Waals surface area contributed by atoms with Crippen molar-refractivity contribution in [3.05, 3.63) is 28.8 Å². The van der Waals surface area contributed by atoms with Crippen LogP contribution in [0, 0.1) is 12.8 Å². The summed E-state index contributed by atoms with van der Waals surface area (Å²) in [6.07, 6.45) is 0.533. The molecule has 4 nitrogen and oxygen atoms in total. The van der Waals surface area contributed by atoms with Crippen molar-refractivity contribution < 1.29 is 15.0 Å². The minimum atomic E-state index is -0.771. The van der Waals surface area contributed by atoms with Crippen LogP contribution in [0.4, 0.5) is 0 Å². The Balaban J connectivity index is 2.35. The van der Waals surface area contributed by atoms with E-state index in [1.807, 2.05) is 32.9 Å². The summed E-state index contributed by atoms with van der Waals surface area (Å²) in [4.78, 5) is 11.0. The number of aryl methyl sites for hydroxylation is 1. The van der Waals surface area contributed by atoms with E-state index in [9.17, 15) is 9.90 Å². The highest BCUT2D eigenvalue weighted by atomic mass is 16.4. The summed E-state index contributed by atoms with van der Waals surface area (Å²) in [5, 5.41) is 22.7. The third kappa shape index (κ3) is 2.59. The first-order valence-electron chi connectivity index (χ1n) is 6.70. The molecule has 0 saturated carbocycles. The van der Waals surface area contributed by atoms with Crippen molar-refractivity contribution in [1.29, 1.82) is 0 Å². The maximum Gasteiger partial charge on any atom is 0.307 e. The fraction of sp³-hybridized carbons (Fsp3) is 0.533. The minimum absolute atomic E-state index is 0.0696. The Bertz CT molecular complexity index is 496. The van der Waals surface area contributed by atoms with Gasteiger partial charge in [-0.2, -0.15) is 0 Å². The summed E-state index contributed by atoms with van der Waals surface area (Å²) in [6, 6.07) is 3.88. The molecule has 0 aromatic heterocycles. The molecule has 104 valence electrons. The van der Waals surface area contributed by atoms with Crippen molar-refractivity contribution >= 4 is 5.97 Å². The lowest BCUT2D eigenvalue weighted by Crippen LogP contribution is -2.17. The van der Waals surface area contributed by atoms with Crippen LogP contribution in [0.2, 0.25) is 0 Å². The fourth-order valence-electron chi connectivity index (χ4n) is 2.78. The van der Waals surface area contributed by atoms with Crippen molar-refractivity contribution in [2.75, 3.05) is 6.54 Å². The van der Waals surface area contributed by atoms with Crippen LogP contribution >= 0.6 is 0 Å². The quantitative estimate of drug-likeness (QED) is 0.784. The van der Waals surface area contributed by atoms with E-state index in [0.717, 1.165) is 16.7 Å². The van der Waals surface area contributed by atoms with Crippen LogP contribution in [0.1, 0.15) is 48.9 Å². The molecule has 1 aromatic rings. The molecule has 1 saturated heterocycles. The van der Waals surface area contributed by atoms with Crippen LogP contribution in [-0.2, 0) is 4.79 Å². The number of aromatic hydroxyl groups is 1. The Morgan fingerprint density at radius 3 is 2.63 bits per heavy atom. The van der Waals surface area contributed by atoms with Crippen molar-refractivity contribution in [3.63, 3.8) is 0 Å². The van der Waals surface area contributed by atoms with Crippen molar-refractivity contribution in [3.8, 4) is 5.75 Å². The predicted molar refractivity (Wildman–Crippen MR) is 73.4 cm³/mol. The summed E-state index contributed by atoms with van der Waals surface area (Å²) in [5.74, 6) is -0.576. The number of carbonyl (C=O) groups is 1. The Labute approximate surface area is 113 Å². The van der Waals surface area contributed by atoms with Crippen molar-refractivity contribution in [1.82, 2.24) is 5.32 Å². The zero-order valence-electron chi connectivity index (χ0n) is 11.6. The second kappa shape index (κ2) is 5.21. The molecule has 2 rings (SSSR count). The lowest BCUT2D eigenvalue weighted by atomic mass is 9.90. The molecule has 0 aliphatic carbocycles. The monoisotopic (exact) mass is 263 g/mol. The summed E-state index contributed by atoms with van der Waals surface area (Å²) < 4.78 is 0. The average Bonchev–Trinajstić information content (AvgIpc) is 2.78. The molecule has 1 aliphatic heterocycles. The summed E-state index contributed by atoms with van der Waals surface area (Å²) in [6.45, 7) is 6.49. The smallest absolute Gasteiger partial charge is 0.307 e. The largest absolute Gasteiger partial charge is 0.507 e. The summed E-state index contributed by atoms with van der Waals surface area (Å²) >= 11 is 0. The first-order valence-corrected chi connectivity index (χ1v) is 6.70.